The first-order chi connectivity index (χ1) is 11.9. The Labute approximate surface area is 150 Å². The average Bonchev–Trinajstić information content (AvgIpc) is 3.01. The van der Waals surface area contributed by atoms with Crippen LogP contribution in [-0.2, 0) is 16.0 Å². The predicted molar refractivity (Wildman–Crippen MR) is 100 cm³/mol. The number of hydrogen-bond acceptors (Lipinski definition) is 3. The number of ether oxygens (including phenoxy) is 1. The van der Waals surface area contributed by atoms with E-state index in [1.54, 1.807) is 0 Å². The van der Waals surface area contributed by atoms with Crippen molar-refractivity contribution in [1.29, 1.82) is 0 Å². The fourth-order valence-corrected chi connectivity index (χ4v) is 3.50. The summed E-state index contributed by atoms with van der Waals surface area (Å²) < 4.78 is 5.78. The Bertz CT molecular complexity index is 706. The minimum absolute atomic E-state index is 0.151. The van der Waals surface area contributed by atoms with Gasteiger partial charge in [-0.15, -0.1) is 0 Å². The monoisotopic (exact) mass is 337 g/mol. The van der Waals surface area contributed by atoms with Gasteiger partial charge in [-0.1, -0.05) is 60.7 Å². The minimum Gasteiger partial charge on any atom is -0.459 e. The molecule has 0 bridgehead atoms. The van der Waals surface area contributed by atoms with Gasteiger partial charge < -0.3 is 4.74 Å². The molecule has 1 aliphatic rings. The van der Waals surface area contributed by atoms with Gasteiger partial charge >= 0.3 is 5.97 Å². The Kier molecular flexibility index (Phi) is 4.96. The Morgan fingerprint density at radius 1 is 1.08 bits per heavy atom. The van der Waals surface area contributed by atoms with E-state index in [2.05, 4.69) is 29.6 Å². The van der Waals surface area contributed by atoms with Gasteiger partial charge in [-0.3, -0.25) is 10.1 Å². The van der Waals surface area contributed by atoms with E-state index in [9.17, 15) is 4.79 Å². The molecule has 0 radical (unpaired) electrons. The molecule has 1 saturated heterocycles. The van der Waals surface area contributed by atoms with Gasteiger partial charge in [0.2, 0.25) is 0 Å². The lowest BCUT2D eigenvalue weighted by Gasteiger charge is -2.32. The van der Waals surface area contributed by atoms with Gasteiger partial charge in [0.15, 0.2) is 0 Å². The van der Waals surface area contributed by atoms with Crippen LogP contribution in [0.2, 0.25) is 0 Å². The van der Waals surface area contributed by atoms with E-state index in [4.69, 9.17) is 4.74 Å². The largest absolute Gasteiger partial charge is 0.459 e. The molecule has 2 aromatic rings. The number of hydrogen-bond donors (Lipinski definition) is 1. The highest BCUT2D eigenvalue weighted by Crippen LogP contribution is 2.36. The molecule has 3 heteroatoms. The van der Waals surface area contributed by atoms with E-state index in [1.165, 1.54) is 5.56 Å². The number of rotatable bonds is 4. The van der Waals surface area contributed by atoms with Crippen LogP contribution in [-0.4, -0.2) is 17.1 Å². The van der Waals surface area contributed by atoms with Crippen molar-refractivity contribution in [2.45, 2.75) is 57.2 Å². The first-order valence-corrected chi connectivity index (χ1v) is 8.98. The molecule has 3 nitrogen and oxygen atoms in total. The van der Waals surface area contributed by atoms with Crippen LogP contribution in [0.1, 0.15) is 50.8 Å². The second-order valence-electron chi connectivity index (χ2n) is 7.89. The highest BCUT2D eigenvalue weighted by molar-refractivity contribution is 5.82. The van der Waals surface area contributed by atoms with Crippen molar-refractivity contribution in [3.8, 4) is 0 Å². The number of nitrogens with one attached hydrogen (secondary N) is 1. The van der Waals surface area contributed by atoms with Crippen molar-refractivity contribution in [3.63, 3.8) is 0 Å². The maximum absolute atomic E-state index is 13.1. The number of carbonyl (C=O) groups excluding carboxylic acids is 1. The summed E-state index contributed by atoms with van der Waals surface area (Å²) in [6.07, 6.45) is 2.35. The van der Waals surface area contributed by atoms with E-state index in [1.807, 2.05) is 57.2 Å². The van der Waals surface area contributed by atoms with Gasteiger partial charge in [0.25, 0.3) is 0 Å². The van der Waals surface area contributed by atoms with Gasteiger partial charge in [0.05, 0.1) is 0 Å². The van der Waals surface area contributed by atoms with Crippen LogP contribution in [0, 0.1) is 0 Å². The zero-order valence-electron chi connectivity index (χ0n) is 15.3. The second-order valence-corrected chi connectivity index (χ2v) is 7.89. The maximum atomic E-state index is 13.1. The lowest BCUT2D eigenvalue weighted by atomic mass is 9.89. The molecule has 0 spiro atoms. The Morgan fingerprint density at radius 2 is 1.68 bits per heavy atom. The fourth-order valence-electron chi connectivity index (χ4n) is 3.50. The van der Waals surface area contributed by atoms with Crippen molar-refractivity contribution >= 4 is 5.97 Å². The third-order valence-corrected chi connectivity index (χ3v) is 4.65. The van der Waals surface area contributed by atoms with Crippen LogP contribution >= 0.6 is 0 Å². The zero-order valence-corrected chi connectivity index (χ0v) is 15.3. The molecule has 1 heterocycles. The minimum atomic E-state index is -0.671. The van der Waals surface area contributed by atoms with Crippen LogP contribution in [0.25, 0.3) is 0 Å². The van der Waals surface area contributed by atoms with E-state index in [-0.39, 0.29) is 12.0 Å². The molecule has 2 atom stereocenters. The standard InChI is InChI=1S/C22H27NO2/c1-21(2,3)25-20(24)22(16-17-10-6-4-7-11-17)15-14-19(23-22)18-12-8-5-9-13-18/h4-13,19,23H,14-16H2,1-3H3/t19-,22-/m1/s1. The van der Waals surface area contributed by atoms with Crippen LogP contribution in [0.3, 0.4) is 0 Å². The molecule has 132 valence electrons. The van der Waals surface area contributed by atoms with Gasteiger partial charge in [-0.05, 0) is 44.7 Å². The molecule has 1 N–H and O–H groups in total. The third-order valence-electron chi connectivity index (χ3n) is 4.65. The molecule has 25 heavy (non-hydrogen) atoms. The van der Waals surface area contributed by atoms with E-state index in [0.29, 0.717) is 6.42 Å². The maximum Gasteiger partial charge on any atom is 0.327 e. The van der Waals surface area contributed by atoms with E-state index in [0.717, 1.165) is 18.4 Å². The molecular formula is C22H27NO2. The van der Waals surface area contributed by atoms with Gasteiger partial charge in [-0.25, -0.2) is 0 Å². The van der Waals surface area contributed by atoms with Crippen molar-refractivity contribution in [3.05, 3.63) is 71.8 Å². The van der Waals surface area contributed by atoms with E-state index < -0.39 is 11.1 Å². The zero-order chi connectivity index (χ0) is 17.9. The highest BCUT2D eigenvalue weighted by Gasteiger charge is 2.47. The van der Waals surface area contributed by atoms with E-state index >= 15 is 0 Å². The van der Waals surface area contributed by atoms with Crippen molar-refractivity contribution in [1.82, 2.24) is 5.32 Å². The molecule has 0 amide bonds. The molecule has 0 aromatic heterocycles. The summed E-state index contributed by atoms with van der Waals surface area (Å²) in [5.41, 5.74) is 1.21. The molecular weight excluding hydrogens is 310 g/mol. The normalized spacial score (nSPS) is 23.4. The summed E-state index contributed by atoms with van der Waals surface area (Å²) in [6, 6.07) is 20.7. The molecule has 2 aromatic carbocycles. The van der Waals surface area contributed by atoms with Gasteiger partial charge in [0.1, 0.15) is 11.1 Å². The van der Waals surface area contributed by atoms with Crippen LogP contribution in [0.4, 0.5) is 0 Å². The summed E-state index contributed by atoms with van der Waals surface area (Å²) in [5, 5.41) is 3.62. The van der Waals surface area contributed by atoms with Crippen LogP contribution in [0.15, 0.2) is 60.7 Å². The van der Waals surface area contributed by atoms with Gasteiger partial charge in [-0.2, -0.15) is 0 Å². The number of carbonyl (C=O) groups is 1. The number of benzene rings is 2. The van der Waals surface area contributed by atoms with Crippen LogP contribution < -0.4 is 5.32 Å². The summed E-state index contributed by atoms with van der Waals surface area (Å²) >= 11 is 0. The van der Waals surface area contributed by atoms with Crippen molar-refractivity contribution in [2.24, 2.45) is 0 Å². The predicted octanol–water partition coefficient (Wildman–Crippen LogP) is 4.43. The molecule has 1 aliphatic heterocycles. The summed E-state index contributed by atoms with van der Waals surface area (Å²) in [5.74, 6) is -0.151. The quantitative estimate of drug-likeness (QED) is 0.839. The van der Waals surface area contributed by atoms with Gasteiger partial charge in [0, 0.05) is 12.5 Å². The third kappa shape index (κ3) is 4.29. The molecule has 1 fully saturated rings. The first kappa shape index (κ1) is 17.7. The second kappa shape index (κ2) is 7.01. The molecule has 0 saturated carbocycles. The molecule has 3 rings (SSSR count). The fraction of sp³-hybridized carbons (Fsp3) is 0.409. The Morgan fingerprint density at radius 3 is 2.28 bits per heavy atom. The Hall–Kier alpha value is -2.13. The van der Waals surface area contributed by atoms with Crippen LogP contribution in [0.5, 0.6) is 0 Å². The van der Waals surface area contributed by atoms with Crippen molar-refractivity contribution < 1.29 is 9.53 Å². The average molecular weight is 337 g/mol. The molecule has 0 unspecified atom stereocenters. The lowest BCUT2D eigenvalue weighted by Crippen LogP contribution is -2.52. The lowest BCUT2D eigenvalue weighted by molar-refractivity contribution is -0.162. The summed E-state index contributed by atoms with van der Waals surface area (Å²) in [4.78, 5) is 13.1. The number of esters is 1. The first-order valence-electron chi connectivity index (χ1n) is 8.98. The topological polar surface area (TPSA) is 38.3 Å². The summed E-state index contributed by atoms with van der Waals surface area (Å²) in [6.45, 7) is 5.76. The highest BCUT2D eigenvalue weighted by atomic mass is 16.6. The smallest absolute Gasteiger partial charge is 0.327 e. The molecule has 0 aliphatic carbocycles. The van der Waals surface area contributed by atoms with Crippen molar-refractivity contribution in [2.75, 3.05) is 0 Å². The summed E-state index contributed by atoms with van der Waals surface area (Å²) in [7, 11) is 0. The Balaban J connectivity index is 1.86. The SMILES string of the molecule is CC(C)(C)OC(=O)[C@]1(Cc2ccccc2)CC[C@H](c2ccccc2)N1.